The zero-order valence-corrected chi connectivity index (χ0v) is 25.7. The van der Waals surface area contributed by atoms with E-state index < -0.39 is 6.04 Å². The van der Waals surface area contributed by atoms with Gasteiger partial charge in [-0.05, 0) is 78.2 Å². The van der Waals surface area contributed by atoms with E-state index in [4.69, 9.17) is 9.47 Å². The van der Waals surface area contributed by atoms with Crippen LogP contribution in [0.15, 0.2) is 103 Å². The Morgan fingerprint density at radius 2 is 1.45 bits per heavy atom. The lowest BCUT2D eigenvalue weighted by atomic mass is 9.99. The first kappa shape index (κ1) is 31.0. The van der Waals surface area contributed by atoms with Crippen LogP contribution in [0.5, 0.6) is 11.5 Å². The monoisotopic (exact) mass is 590 g/mol. The van der Waals surface area contributed by atoms with E-state index in [1.807, 2.05) is 66.7 Å². The molecule has 1 N–H and O–H groups in total. The Morgan fingerprint density at radius 1 is 0.795 bits per heavy atom. The van der Waals surface area contributed by atoms with Gasteiger partial charge in [-0.25, -0.2) is 0 Å². The van der Waals surface area contributed by atoms with Crippen molar-refractivity contribution in [3.63, 3.8) is 0 Å². The van der Waals surface area contributed by atoms with Gasteiger partial charge in [0.1, 0.15) is 24.7 Å². The van der Waals surface area contributed by atoms with Gasteiger partial charge in [0.15, 0.2) is 5.78 Å². The van der Waals surface area contributed by atoms with E-state index >= 15 is 0 Å². The van der Waals surface area contributed by atoms with Gasteiger partial charge in [0.25, 0.3) is 5.91 Å². The molecule has 5 rings (SSSR count). The van der Waals surface area contributed by atoms with Gasteiger partial charge < -0.3 is 14.8 Å². The molecular formula is C38H42N2O4. The molecule has 0 aliphatic carbocycles. The quantitative estimate of drug-likeness (QED) is 0.182. The summed E-state index contributed by atoms with van der Waals surface area (Å²) in [5, 5.41) is 3.05. The Labute approximate surface area is 261 Å². The molecule has 0 spiro atoms. The topological polar surface area (TPSA) is 67.9 Å². The third-order valence-electron chi connectivity index (χ3n) is 7.89. The van der Waals surface area contributed by atoms with Crippen LogP contribution in [0.2, 0.25) is 0 Å². The number of nitrogens with zero attached hydrogens (tertiary/aromatic N) is 1. The molecule has 44 heavy (non-hydrogen) atoms. The van der Waals surface area contributed by atoms with Crippen molar-refractivity contribution >= 4 is 11.7 Å². The van der Waals surface area contributed by atoms with Crippen molar-refractivity contribution < 1.29 is 19.1 Å². The second kappa shape index (κ2) is 15.3. The van der Waals surface area contributed by atoms with Crippen LogP contribution in [0, 0.1) is 5.92 Å². The maximum atomic E-state index is 13.7. The molecule has 1 unspecified atom stereocenters. The molecule has 1 heterocycles. The molecule has 0 bridgehead atoms. The fourth-order valence-electron chi connectivity index (χ4n) is 5.59. The number of carbonyl (C=O) groups excluding carboxylic acids is 2. The minimum absolute atomic E-state index is 0.0287. The zero-order chi connectivity index (χ0) is 30.7. The van der Waals surface area contributed by atoms with Crippen LogP contribution in [0.25, 0.3) is 0 Å². The number of hydrogen-bond donors (Lipinski definition) is 1. The van der Waals surface area contributed by atoms with E-state index in [0.717, 1.165) is 36.3 Å². The van der Waals surface area contributed by atoms with E-state index in [-0.39, 0.29) is 24.2 Å². The fraction of sp³-hybridized carbons (Fsp3) is 0.316. The number of rotatable bonds is 13. The lowest BCUT2D eigenvalue weighted by Gasteiger charge is -2.25. The van der Waals surface area contributed by atoms with Crippen LogP contribution in [0.1, 0.15) is 59.3 Å². The second-order valence-electron chi connectivity index (χ2n) is 11.9. The first-order valence-corrected chi connectivity index (χ1v) is 15.5. The molecule has 6 nitrogen and oxygen atoms in total. The number of amides is 1. The number of hydrogen-bond acceptors (Lipinski definition) is 5. The molecular weight excluding hydrogens is 548 g/mol. The molecule has 228 valence electrons. The Morgan fingerprint density at radius 3 is 2.16 bits per heavy atom. The average Bonchev–Trinajstić information content (AvgIpc) is 3.24. The molecule has 1 atom stereocenters. The lowest BCUT2D eigenvalue weighted by Crippen LogP contribution is -2.46. The third kappa shape index (κ3) is 8.80. The number of aryl methyl sites for hydroxylation is 1. The first-order valence-electron chi connectivity index (χ1n) is 15.5. The molecule has 1 aliphatic rings. The number of para-hydroxylation sites is 1. The average molecular weight is 591 g/mol. The highest BCUT2D eigenvalue weighted by Gasteiger charge is 2.26. The highest BCUT2D eigenvalue weighted by Crippen LogP contribution is 2.25. The molecule has 0 radical (unpaired) electrons. The first-order chi connectivity index (χ1) is 21.4. The Bertz CT molecular complexity index is 1520. The van der Waals surface area contributed by atoms with Gasteiger partial charge in [-0.3, -0.25) is 14.5 Å². The van der Waals surface area contributed by atoms with Crippen LogP contribution in [0.3, 0.4) is 0 Å². The molecule has 0 saturated heterocycles. The van der Waals surface area contributed by atoms with Crippen molar-refractivity contribution in [1.29, 1.82) is 0 Å². The molecule has 1 aliphatic heterocycles. The molecule has 4 aromatic rings. The highest BCUT2D eigenvalue weighted by molar-refractivity contribution is 6.00. The number of Topliss-reactive ketones (excluding diaryl/α,β-unsaturated/α-hetero) is 1. The van der Waals surface area contributed by atoms with Gasteiger partial charge in [-0.1, -0.05) is 92.7 Å². The Hall–Kier alpha value is -4.42. The number of carbonyl (C=O) groups is 2. The molecule has 0 saturated carbocycles. The van der Waals surface area contributed by atoms with E-state index in [0.29, 0.717) is 37.5 Å². The molecule has 1 amide bonds. The summed E-state index contributed by atoms with van der Waals surface area (Å²) in [5.41, 5.74) is 5.07. The van der Waals surface area contributed by atoms with Crippen LogP contribution in [0.4, 0.5) is 0 Å². The maximum absolute atomic E-state index is 13.7. The van der Waals surface area contributed by atoms with Gasteiger partial charge in [-0.15, -0.1) is 0 Å². The van der Waals surface area contributed by atoms with Gasteiger partial charge in [0.05, 0.1) is 18.2 Å². The van der Waals surface area contributed by atoms with Crippen LogP contribution >= 0.6 is 0 Å². The van der Waals surface area contributed by atoms with Gasteiger partial charge in [0.2, 0.25) is 0 Å². The Kier molecular flexibility index (Phi) is 10.8. The van der Waals surface area contributed by atoms with Gasteiger partial charge in [-0.2, -0.15) is 0 Å². The SMILES string of the molecule is CC(C)CC(NC(=O)c1ccccc1OCc1ccccc1)C(=O)CN1CCCc2cc(OCc3ccccc3)ccc2C1. The zero-order valence-electron chi connectivity index (χ0n) is 25.7. The normalized spacial score (nSPS) is 13.9. The van der Waals surface area contributed by atoms with Crippen molar-refractivity contribution in [2.75, 3.05) is 13.1 Å². The smallest absolute Gasteiger partial charge is 0.255 e. The summed E-state index contributed by atoms with van der Waals surface area (Å²) in [6.07, 6.45) is 2.47. The summed E-state index contributed by atoms with van der Waals surface area (Å²) in [7, 11) is 0. The van der Waals surface area contributed by atoms with Gasteiger partial charge >= 0.3 is 0 Å². The molecule has 6 heteroatoms. The summed E-state index contributed by atoms with van der Waals surface area (Å²) >= 11 is 0. The third-order valence-corrected chi connectivity index (χ3v) is 7.89. The van der Waals surface area contributed by atoms with E-state index in [9.17, 15) is 9.59 Å². The number of nitrogens with one attached hydrogen (secondary N) is 1. The number of ether oxygens (including phenoxy) is 2. The number of benzene rings is 4. The van der Waals surface area contributed by atoms with Crippen LogP contribution < -0.4 is 14.8 Å². The van der Waals surface area contributed by atoms with Crippen LogP contribution in [-0.2, 0) is 31.0 Å². The lowest BCUT2D eigenvalue weighted by molar-refractivity contribution is -0.122. The summed E-state index contributed by atoms with van der Waals surface area (Å²) in [5.74, 6) is 1.34. The standard InChI is InChI=1S/C38H42N2O4/c1-28(2)22-35(39-38(42)34-17-9-10-18-37(34)44-27-30-14-7-4-8-15-30)36(41)25-40-21-11-16-31-23-33(20-19-32(31)24-40)43-26-29-12-5-3-6-13-29/h3-10,12-15,17-20,23,28,35H,11,16,21-22,24-27H2,1-2H3,(H,39,42). The van der Waals surface area contributed by atoms with Crippen molar-refractivity contribution in [2.45, 2.75) is 58.9 Å². The molecule has 0 fully saturated rings. The van der Waals surface area contributed by atoms with Gasteiger partial charge in [0, 0.05) is 6.54 Å². The predicted molar refractivity (Wildman–Crippen MR) is 174 cm³/mol. The second-order valence-corrected chi connectivity index (χ2v) is 11.9. The summed E-state index contributed by atoms with van der Waals surface area (Å²) < 4.78 is 12.1. The van der Waals surface area contributed by atoms with Crippen molar-refractivity contribution in [3.8, 4) is 11.5 Å². The maximum Gasteiger partial charge on any atom is 0.255 e. The highest BCUT2D eigenvalue weighted by atomic mass is 16.5. The van der Waals surface area contributed by atoms with Crippen molar-refractivity contribution in [3.05, 3.63) is 131 Å². The van der Waals surface area contributed by atoms with E-state index in [2.05, 4.69) is 48.3 Å². The summed E-state index contributed by atoms with van der Waals surface area (Å²) in [4.78, 5) is 29.4. The summed E-state index contributed by atoms with van der Waals surface area (Å²) in [6, 6.07) is 32.9. The number of fused-ring (bicyclic) bond motifs is 1. The number of ketones is 1. The van der Waals surface area contributed by atoms with E-state index in [1.165, 1.54) is 11.1 Å². The predicted octanol–water partition coefficient (Wildman–Crippen LogP) is 7.01. The fourth-order valence-corrected chi connectivity index (χ4v) is 5.59. The van der Waals surface area contributed by atoms with Crippen molar-refractivity contribution in [2.24, 2.45) is 5.92 Å². The summed E-state index contributed by atoms with van der Waals surface area (Å²) in [6.45, 7) is 6.84. The van der Waals surface area contributed by atoms with Crippen molar-refractivity contribution in [1.82, 2.24) is 10.2 Å². The van der Waals surface area contributed by atoms with Crippen LogP contribution in [-0.4, -0.2) is 35.7 Å². The molecule has 0 aromatic heterocycles. The largest absolute Gasteiger partial charge is 0.489 e. The Balaban J connectivity index is 1.21. The minimum Gasteiger partial charge on any atom is -0.489 e. The minimum atomic E-state index is -0.582. The molecule has 4 aromatic carbocycles. The van der Waals surface area contributed by atoms with E-state index in [1.54, 1.807) is 12.1 Å².